The first-order valence-corrected chi connectivity index (χ1v) is 12.3. The monoisotopic (exact) mass is 598 g/mol. The van der Waals surface area contributed by atoms with Gasteiger partial charge in [-0.2, -0.15) is 0 Å². The Bertz CT molecular complexity index is 1500. The Morgan fingerprint density at radius 2 is 1.84 bits per heavy atom. The number of imide groups is 2. The highest BCUT2D eigenvalue weighted by atomic mass is 79.9. The van der Waals surface area contributed by atoms with Crippen molar-refractivity contribution >= 4 is 63.1 Å². The number of methoxy groups -OCH3 is 1. The van der Waals surface area contributed by atoms with Gasteiger partial charge in [0, 0.05) is 5.02 Å². The second kappa shape index (κ2) is 11.1. The summed E-state index contributed by atoms with van der Waals surface area (Å²) in [6, 6.07) is 13.4. The Labute approximate surface area is 230 Å². The van der Waals surface area contributed by atoms with E-state index < -0.39 is 23.8 Å². The molecule has 0 saturated carbocycles. The SMILES string of the molecule is COc1cc(/C=C2\C(=O)NC(=O)N(c3cccc(Cl)c3C)C2=O)cc(Br)c1OCc1ccc(C(=O)O)cc1. The van der Waals surface area contributed by atoms with Gasteiger partial charge in [0.15, 0.2) is 11.5 Å². The van der Waals surface area contributed by atoms with Crippen LogP contribution in [0.3, 0.4) is 0 Å². The fraction of sp³-hybridized carbons (Fsp3) is 0.111. The van der Waals surface area contributed by atoms with Gasteiger partial charge in [0.2, 0.25) is 0 Å². The van der Waals surface area contributed by atoms with Gasteiger partial charge in [-0.3, -0.25) is 14.9 Å². The molecule has 11 heteroatoms. The molecule has 9 nitrogen and oxygen atoms in total. The molecular formula is C27H20BrClN2O7. The van der Waals surface area contributed by atoms with Crippen molar-refractivity contribution in [2.24, 2.45) is 0 Å². The number of carbonyl (C=O) groups is 4. The molecule has 1 heterocycles. The van der Waals surface area contributed by atoms with E-state index in [1.54, 1.807) is 49.4 Å². The second-order valence-electron chi connectivity index (χ2n) is 8.17. The number of nitrogens with zero attached hydrogens (tertiary/aromatic N) is 1. The van der Waals surface area contributed by atoms with Crippen LogP contribution in [-0.2, 0) is 16.2 Å². The summed E-state index contributed by atoms with van der Waals surface area (Å²) in [7, 11) is 1.44. The molecule has 0 aromatic heterocycles. The number of ether oxygens (including phenoxy) is 2. The van der Waals surface area contributed by atoms with Crippen molar-refractivity contribution in [2.75, 3.05) is 12.0 Å². The van der Waals surface area contributed by atoms with Gasteiger partial charge in [-0.25, -0.2) is 14.5 Å². The fourth-order valence-corrected chi connectivity index (χ4v) is 4.49. The number of nitrogens with one attached hydrogen (secondary N) is 1. The molecule has 2 N–H and O–H groups in total. The zero-order valence-corrected chi connectivity index (χ0v) is 22.4. The zero-order valence-electron chi connectivity index (χ0n) is 20.1. The minimum Gasteiger partial charge on any atom is -0.493 e. The maximum atomic E-state index is 13.3. The van der Waals surface area contributed by atoms with Gasteiger partial charge >= 0.3 is 12.0 Å². The summed E-state index contributed by atoms with van der Waals surface area (Å²) in [6.07, 6.45) is 1.35. The Balaban J connectivity index is 1.63. The summed E-state index contributed by atoms with van der Waals surface area (Å²) in [5.41, 5.74) is 1.84. The molecule has 0 spiro atoms. The van der Waals surface area contributed by atoms with Gasteiger partial charge in [0.1, 0.15) is 12.2 Å². The topological polar surface area (TPSA) is 122 Å². The number of carbonyl (C=O) groups excluding carboxylic acids is 3. The summed E-state index contributed by atoms with van der Waals surface area (Å²) >= 11 is 9.60. The molecule has 0 unspecified atom stereocenters. The number of carboxylic acid groups (broad SMARTS) is 1. The lowest BCUT2D eigenvalue weighted by Gasteiger charge is -2.27. The Morgan fingerprint density at radius 1 is 1.13 bits per heavy atom. The number of aromatic carboxylic acids is 1. The summed E-state index contributed by atoms with van der Waals surface area (Å²) in [6.45, 7) is 1.80. The van der Waals surface area contributed by atoms with Gasteiger partial charge < -0.3 is 14.6 Å². The molecule has 4 amide bonds. The highest BCUT2D eigenvalue weighted by Crippen LogP contribution is 2.38. The molecule has 1 aliphatic rings. The van der Waals surface area contributed by atoms with Crippen LogP contribution in [0.5, 0.6) is 11.5 Å². The summed E-state index contributed by atoms with van der Waals surface area (Å²) in [5, 5.41) is 11.6. The quantitative estimate of drug-likeness (QED) is 0.277. The van der Waals surface area contributed by atoms with E-state index in [1.807, 2.05) is 0 Å². The van der Waals surface area contributed by atoms with Crippen LogP contribution in [0.25, 0.3) is 6.08 Å². The summed E-state index contributed by atoms with van der Waals surface area (Å²) < 4.78 is 11.8. The van der Waals surface area contributed by atoms with Crippen LogP contribution < -0.4 is 19.7 Å². The lowest BCUT2D eigenvalue weighted by Crippen LogP contribution is -2.54. The van der Waals surface area contributed by atoms with E-state index in [-0.39, 0.29) is 23.4 Å². The predicted octanol–water partition coefficient (Wildman–Crippen LogP) is 5.36. The number of carboxylic acids is 1. The average molecular weight is 600 g/mol. The number of hydrogen-bond acceptors (Lipinski definition) is 6. The number of anilines is 1. The fourth-order valence-electron chi connectivity index (χ4n) is 3.74. The molecule has 0 radical (unpaired) electrons. The van der Waals surface area contributed by atoms with Crippen LogP contribution in [0.2, 0.25) is 5.02 Å². The van der Waals surface area contributed by atoms with E-state index in [2.05, 4.69) is 21.2 Å². The van der Waals surface area contributed by atoms with Crippen LogP contribution in [0, 0.1) is 6.92 Å². The maximum Gasteiger partial charge on any atom is 0.335 e. The van der Waals surface area contributed by atoms with Crippen molar-refractivity contribution in [2.45, 2.75) is 13.5 Å². The molecule has 1 saturated heterocycles. The van der Waals surface area contributed by atoms with Crippen molar-refractivity contribution in [3.05, 3.63) is 91.9 Å². The van der Waals surface area contributed by atoms with Crippen LogP contribution in [0.15, 0.2) is 64.6 Å². The van der Waals surface area contributed by atoms with E-state index in [0.717, 1.165) is 10.5 Å². The van der Waals surface area contributed by atoms with Gasteiger partial charge in [-0.15, -0.1) is 0 Å². The first kappa shape index (κ1) is 26.9. The Kier molecular flexibility index (Phi) is 7.84. The van der Waals surface area contributed by atoms with Gasteiger partial charge in [0.05, 0.1) is 22.8 Å². The van der Waals surface area contributed by atoms with Crippen molar-refractivity contribution in [3.8, 4) is 11.5 Å². The lowest BCUT2D eigenvalue weighted by atomic mass is 10.1. The maximum absolute atomic E-state index is 13.3. The van der Waals surface area contributed by atoms with Crippen LogP contribution in [0.4, 0.5) is 10.5 Å². The smallest absolute Gasteiger partial charge is 0.335 e. The third-order valence-corrected chi connectivity index (χ3v) is 6.73. The third kappa shape index (κ3) is 5.41. The number of benzene rings is 3. The third-order valence-electron chi connectivity index (χ3n) is 5.73. The van der Waals surface area contributed by atoms with E-state index in [0.29, 0.717) is 32.1 Å². The Morgan fingerprint density at radius 3 is 2.50 bits per heavy atom. The summed E-state index contributed by atoms with van der Waals surface area (Å²) in [4.78, 5) is 50.3. The van der Waals surface area contributed by atoms with E-state index in [1.165, 1.54) is 25.3 Å². The zero-order chi connectivity index (χ0) is 27.6. The van der Waals surface area contributed by atoms with Crippen molar-refractivity contribution in [1.29, 1.82) is 0 Å². The van der Waals surface area contributed by atoms with Crippen LogP contribution in [0.1, 0.15) is 27.0 Å². The molecule has 3 aromatic carbocycles. The van der Waals surface area contributed by atoms with Gasteiger partial charge in [-0.05, 0) is 82.0 Å². The average Bonchev–Trinajstić information content (AvgIpc) is 2.88. The van der Waals surface area contributed by atoms with Crippen molar-refractivity contribution in [1.82, 2.24) is 5.32 Å². The molecule has 1 aliphatic heterocycles. The number of barbiturate groups is 1. The minimum atomic E-state index is -1.02. The largest absolute Gasteiger partial charge is 0.493 e. The van der Waals surface area contributed by atoms with Gasteiger partial charge in [-0.1, -0.05) is 29.8 Å². The summed E-state index contributed by atoms with van der Waals surface area (Å²) in [5.74, 6) is -1.98. The number of amides is 4. The molecule has 3 aromatic rings. The molecule has 4 rings (SSSR count). The molecule has 38 heavy (non-hydrogen) atoms. The highest BCUT2D eigenvalue weighted by Gasteiger charge is 2.37. The molecule has 0 atom stereocenters. The standard InChI is InChI=1S/C27H20BrClN2O7/c1-14-20(29)4-3-5-21(14)31-25(33)18(24(32)30-27(31)36)10-16-11-19(28)23(22(12-16)37-2)38-13-15-6-8-17(9-7-15)26(34)35/h3-12H,13H2,1-2H3,(H,34,35)(H,30,32,36)/b18-10+. The van der Waals surface area contributed by atoms with Crippen molar-refractivity contribution < 1.29 is 33.8 Å². The van der Waals surface area contributed by atoms with Gasteiger partial charge in [0.25, 0.3) is 11.8 Å². The second-order valence-corrected chi connectivity index (χ2v) is 9.43. The van der Waals surface area contributed by atoms with E-state index in [4.69, 9.17) is 26.2 Å². The normalized spacial score (nSPS) is 14.5. The van der Waals surface area contributed by atoms with Crippen LogP contribution in [-0.4, -0.2) is 36.0 Å². The minimum absolute atomic E-state index is 0.131. The molecular weight excluding hydrogens is 580 g/mol. The first-order valence-electron chi connectivity index (χ1n) is 11.1. The highest BCUT2D eigenvalue weighted by molar-refractivity contribution is 9.10. The number of halogens is 2. The lowest BCUT2D eigenvalue weighted by molar-refractivity contribution is -0.122. The van der Waals surface area contributed by atoms with E-state index >= 15 is 0 Å². The first-order chi connectivity index (χ1) is 18.1. The molecule has 0 aliphatic carbocycles. The number of hydrogen-bond donors (Lipinski definition) is 2. The van der Waals surface area contributed by atoms with Crippen molar-refractivity contribution in [3.63, 3.8) is 0 Å². The number of rotatable bonds is 7. The Hall–Kier alpha value is -4.15. The van der Waals surface area contributed by atoms with Crippen LogP contribution >= 0.6 is 27.5 Å². The van der Waals surface area contributed by atoms with E-state index in [9.17, 15) is 19.2 Å². The number of urea groups is 1. The molecule has 0 bridgehead atoms. The molecule has 1 fully saturated rings. The predicted molar refractivity (Wildman–Crippen MR) is 144 cm³/mol. The molecule has 194 valence electrons.